The van der Waals surface area contributed by atoms with E-state index in [4.69, 9.17) is 16.6 Å². The van der Waals surface area contributed by atoms with Crippen molar-refractivity contribution >= 4 is 28.8 Å². The van der Waals surface area contributed by atoms with Gasteiger partial charge in [0.05, 0.1) is 6.67 Å². The maximum atomic E-state index is 13.7. The molecule has 0 amide bonds. The fourth-order valence-electron chi connectivity index (χ4n) is 4.29. The van der Waals surface area contributed by atoms with E-state index in [9.17, 15) is 8.78 Å². The van der Waals surface area contributed by atoms with Crippen LogP contribution in [0.1, 0.15) is 49.2 Å². The van der Waals surface area contributed by atoms with Crippen molar-refractivity contribution in [2.24, 2.45) is 10.9 Å². The monoisotopic (exact) mass is 464 g/mol. The van der Waals surface area contributed by atoms with Crippen LogP contribution >= 0.6 is 22.9 Å². The fourth-order valence-corrected chi connectivity index (χ4v) is 5.15. The molecule has 1 N–H and O–H groups in total. The average molecular weight is 465 g/mol. The zero-order chi connectivity index (χ0) is 21.8. The van der Waals surface area contributed by atoms with Gasteiger partial charge in [0.1, 0.15) is 11.9 Å². The topological polar surface area (TPSA) is 40.5 Å². The SMILES string of the molecule is CC1CCCN(CC2=C(CCF)C(c3ccc(F)cc3Cl)N=C(c3nccs3)N2)CC1. The number of thiazole rings is 1. The Hall–Kier alpha value is -1.83. The second kappa shape index (κ2) is 10.2. The molecule has 2 aromatic rings. The molecule has 2 atom stereocenters. The van der Waals surface area contributed by atoms with Gasteiger partial charge in [0.15, 0.2) is 10.8 Å². The van der Waals surface area contributed by atoms with Crippen LogP contribution in [-0.4, -0.2) is 42.0 Å². The van der Waals surface area contributed by atoms with Gasteiger partial charge in [0.2, 0.25) is 0 Å². The number of amidine groups is 1. The lowest BCUT2D eigenvalue weighted by Crippen LogP contribution is -2.38. The van der Waals surface area contributed by atoms with Crippen molar-refractivity contribution in [1.82, 2.24) is 15.2 Å². The third-order valence-corrected chi connectivity index (χ3v) is 7.10. The number of rotatable bonds is 6. The van der Waals surface area contributed by atoms with Crippen LogP contribution in [0.4, 0.5) is 8.78 Å². The predicted octanol–water partition coefficient (Wildman–Crippen LogP) is 5.76. The van der Waals surface area contributed by atoms with Crippen molar-refractivity contribution in [3.8, 4) is 0 Å². The highest BCUT2D eigenvalue weighted by molar-refractivity contribution is 7.11. The summed E-state index contributed by atoms with van der Waals surface area (Å²) in [5, 5.41) is 6.42. The highest BCUT2D eigenvalue weighted by Gasteiger charge is 2.29. The number of halogens is 3. The summed E-state index contributed by atoms with van der Waals surface area (Å²) in [6.07, 6.45) is 5.54. The average Bonchev–Trinajstić information content (AvgIpc) is 3.20. The first-order valence-corrected chi connectivity index (χ1v) is 12.0. The normalized spacial score (nSPS) is 22.8. The van der Waals surface area contributed by atoms with Crippen molar-refractivity contribution in [3.63, 3.8) is 0 Å². The van der Waals surface area contributed by atoms with E-state index in [2.05, 4.69) is 22.1 Å². The number of alkyl halides is 1. The van der Waals surface area contributed by atoms with Gasteiger partial charge in [-0.1, -0.05) is 24.6 Å². The molecule has 3 heterocycles. The maximum Gasteiger partial charge on any atom is 0.163 e. The van der Waals surface area contributed by atoms with Gasteiger partial charge in [-0.25, -0.2) is 9.37 Å². The Labute approximate surface area is 191 Å². The molecule has 4 nitrogen and oxygen atoms in total. The summed E-state index contributed by atoms with van der Waals surface area (Å²) in [7, 11) is 0. The van der Waals surface area contributed by atoms with Gasteiger partial charge in [-0.2, -0.15) is 0 Å². The molecule has 1 aromatic carbocycles. The van der Waals surface area contributed by atoms with E-state index >= 15 is 0 Å². The lowest BCUT2D eigenvalue weighted by molar-refractivity contribution is 0.299. The molecule has 0 saturated carbocycles. The molecule has 0 bridgehead atoms. The van der Waals surface area contributed by atoms with Crippen molar-refractivity contribution < 1.29 is 8.78 Å². The molecule has 2 unspecified atom stereocenters. The van der Waals surface area contributed by atoms with Gasteiger partial charge in [-0.15, -0.1) is 11.3 Å². The Balaban J connectivity index is 1.73. The van der Waals surface area contributed by atoms with Gasteiger partial charge in [-0.05, 0) is 61.5 Å². The number of aromatic nitrogens is 1. The van der Waals surface area contributed by atoms with E-state index < -0.39 is 18.5 Å². The van der Waals surface area contributed by atoms with Gasteiger partial charge in [0, 0.05) is 35.3 Å². The van der Waals surface area contributed by atoms with Crippen LogP contribution in [0, 0.1) is 11.7 Å². The largest absolute Gasteiger partial charge is 0.340 e. The molecule has 4 rings (SSSR count). The van der Waals surface area contributed by atoms with Crippen LogP contribution in [0.2, 0.25) is 5.02 Å². The molecule has 2 aliphatic heterocycles. The number of hydrogen-bond acceptors (Lipinski definition) is 5. The molecule has 1 saturated heterocycles. The molecule has 2 aliphatic rings. The van der Waals surface area contributed by atoms with Gasteiger partial charge < -0.3 is 5.32 Å². The Morgan fingerprint density at radius 2 is 2.16 bits per heavy atom. The molecule has 0 spiro atoms. The summed E-state index contributed by atoms with van der Waals surface area (Å²) in [4.78, 5) is 11.7. The molecular weight excluding hydrogens is 438 g/mol. The van der Waals surface area contributed by atoms with Crippen LogP contribution in [0.5, 0.6) is 0 Å². The van der Waals surface area contributed by atoms with Crippen molar-refractivity contribution in [3.05, 3.63) is 62.5 Å². The lowest BCUT2D eigenvalue weighted by atomic mass is 9.93. The molecular formula is C23H27ClF2N4S. The molecule has 0 radical (unpaired) electrons. The molecule has 166 valence electrons. The summed E-state index contributed by atoms with van der Waals surface area (Å²) in [5.74, 6) is 0.977. The smallest absolute Gasteiger partial charge is 0.163 e. The van der Waals surface area contributed by atoms with E-state index in [-0.39, 0.29) is 6.42 Å². The third kappa shape index (κ3) is 5.33. The maximum absolute atomic E-state index is 13.7. The second-order valence-corrected chi connectivity index (χ2v) is 9.57. The number of likely N-dealkylation sites (tertiary alicyclic amines) is 1. The van der Waals surface area contributed by atoms with Crippen LogP contribution < -0.4 is 5.32 Å². The molecule has 1 aromatic heterocycles. The first kappa shape index (κ1) is 22.4. The van der Waals surface area contributed by atoms with Crippen LogP contribution in [0.3, 0.4) is 0 Å². The minimum absolute atomic E-state index is 0.250. The third-order valence-electron chi connectivity index (χ3n) is 5.99. The fraction of sp³-hybridized carbons (Fsp3) is 0.478. The zero-order valence-corrected chi connectivity index (χ0v) is 19.2. The number of aliphatic imine (C=N–C) groups is 1. The highest BCUT2D eigenvalue weighted by atomic mass is 35.5. The Kier molecular flexibility index (Phi) is 7.35. The van der Waals surface area contributed by atoms with E-state index in [1.165, 1.54) is 29.9 Å². The van der Waals surface area contributed by atoms with Crippen molar-refractivity contribution in [2.75, 3.05) is 26.3 Å². The molecule has 8 heteroatoms. The summed E-state index contributed by atoms with van der Waals surface area (Å²) < 4.78 is 27.3. The quantitative estimate of drug-likeness (QED) is 0.590. The summed E-state index contributed by atoms with van der Waals surface area (Å²) >= 11 is 7.90. The van der Waals surface area contributed by atoms with E-state index in [0.29, 0.717) is 23.0 Å². The first-order valence-electron chi connectivity index (χ1n) is 10.7. The number of hydrogen-bond donors (Lipinski definition) is 1. The molecule has 31 heavy (non-hydrogen) atoms. The van der Waals surface area contributed by atoms with Gasteiger partial charge in [0.25, 0.3) is 0 Å². The second-order valence-electron chi connectivity index (χ2n) is 8.26. The van der Waals surface area contributed by atoms with Gasteiger partial charge in [-0.3, -0.25) is 14.3 Å². The Morgan fingerprint density at radius 3 is 2.90 bits per heavy atom. The molecule has 0 aliphatic carbocycles. The summed E-state index contributed by atoms with van der Waals surface area (Å²) in [6.45, 7) is 4.54. The van der Waals surface area contributed by atoms with Crippen LogP contribution in [0.25, 0.3) is 0 Å². The predicted molar refractivity (Wildman–Crippen MR) is 123 cm³/mol. The zero-order valence-electron chi connectivity index (χ0n) is 17.6. The standard InChI is InChI=1S/C23H27ClF2N4S/c1-15-3-2-10-30(11-7-15)14-20-18(6-8-25)21(17-5-4-16(26)13-19(17)24)29-22(28-20)23-27-9-12-31-23/h4-5,9,12-13,15,21H,2-3,6-8,10-11,14H2,1H3,(H,28,29). The summed E-state index contributed by atoms with van der Waals surface area (Å²) in [5.41, 5.74) is 2.51. The number of benzene rings is 1. The number of nitrogens with zero attached hydrogens (tertiary/aromatic N) is 3. The van der Waals surface area contributed by atoms with E-state index in [1.54, 1.807) is 12.3 Å². The minimum Gasteiger partial charge on any atom is -0.340 e. The van der Waals surface area contributed by atoms with E-state index in [0.717, 1.165) is 48.1 Å². The first-order chi connectivity index (χ1) is 15.0. The van der Waals surface area contributed by atoms with Crippen LogP contribution in [0.15, 0.2) is 46.0 Å². The van der Waals surface area contributed by atoms with E-state index in [1.807, 2.05) is 5.38 Å². The number of nitrogens with one attached hydrogen (secondary N) is 1. The Bertz CT molecular complexity index is 960. The van der Waals surface area contributed by atoms with Crippen molar-refractivity contribution in [1.29, 1.82) is 0 Å². The van der Waals surface area contributed by atoms with Gasteiger partial charge >= 0.3 is 0 Å². The van der Waals surface area contributed by atoms with Crippen molar-refractivity contribution in [2.45, 2.75) is 38.6 Å². The Morgan fingerprint density at radius 1 is 1.29 bits per heavy atom. The lowest BCUT2D eigenvalue weighted by Gasteiger charge is -2.31. The highest BCUT2D eigenvalue weighted by Crippen LogP contribution is 2.37. The minimum atomic E-state index is -0.491. The van der Waals surface area contributed by atoms with Crippen LogP contribution in [-0.2, 0) is 0 Å². The summed E-state index contributed by atoms with van der Waals surface area (Å²) in [6, 6.07) is 3.86. The molecule has 1 fully saturated rings.